The lowest BCUT2D eigenvalue weighted by atomic mass is 10.1. The van der Waals surface area contributed by atoms with Crippen LogP contribution in [0.5, 0.6) is 0 Å². The molecule has 0 spiro atoms. The molecule has 0 saturated carbocycles. The number of hydrogen-bond donors (Lipinski definition) is 0. The Morgan fingerprint density at radius 3 is 2.47 bits per heavy atom. The fourth-order valence-corrected chi connectivity index (χ4v) is 6.73. The Hall–Kier alpha value is -1.89. The highest BCUT2D eigenvalue weighted by Crippen LogP contribution is 2.30. The van der Waals surface area contributed by atoms with E-state index in [1.54, 1.807) is 35.6 Å². The summed E-state index contributed by atoms with van der Waals surface area (Å²) >= 11 is 7.63. The highest BCUT2D eigenvalue weighted by Gasteiger charge is 2.32. The third-order valence-corrected chi connectivity index (χ3v) is 9.08. The zero-order chi connectivity index (χ0) is 21.1. The van der Waals surface area contributed by atoms with Crippen LogP contribution in [0.3, 0.4) is 0 Å². The van der Waals surface area contributed by atoms with Crippen LogP contribution in [0, 0.1) is 0 Å². The van der Waals surface area contributed by atoms with Gasteiger partial charge in [0.1, 0.15) is 0 Å². The van der Waals surface area contributed by atoms with E-state index in [0.29, 0.717) is 35.8 Å². The molecule has 0 radical (unpaired) electrons. The molecule has 1 aliphatic heterocycles. The summed E-state index contributed by atoms with van der Waals surface area (Å²) < 4.78 is 25.9. The van der Waals surface area contributed by atoms with Crippen molar-refractivity contribution >= 4 is 37.9 Å². The average molecular weight is 461 g/mol. The topological polar surface area (TPSA) is 50.3 Å². The molecule has 2 heterocycles. The van der Waals surface area contributed by atoms with Crippen molar-refractivity contribution in [3.05, 3.63) is 75.8 Å². The summed E-state index contributed by atoms with van der Waals surface area (Å²) in [6.45, 7) is 3.55. The fourth-order valence-electron chi connectivity index (χ4n) is 3.82. The van der Waals surface area contributed by atoms with Gasteiger partial charge in [-0.1, -0.05) is 48.9 Å². The van der Waals surface area contributed by atoms with Crippen LogP contribution < -0.4 is 4.90 Å². The largest absolute Gasteiger partial charge is 0.348 e. The van der Waals surface area contributed by atoms with Gasteiger partial charge in [-0.15, -0.1) is 11.3 Å². The second-order valence-corrected chi connectivity index (χ2v) is 11.2. The van der Waals surface area contributed by atoms with Gasteiger partial charge < -0.3 is 4.90 Å². The lowest BCUT2D eigenvalue weighted by Gasteiger charge is -2.31. The highest BCUT2D eigenvalue weighted by molar-refractivity contribution is 7.92. The van der Waals surface area contributed by atoms with Crippen LogP contribution >= 0.6 is 22.9 Å². The van der Waals surface area contributed by atoms with Crippen molar-refractivity contribution in [2.45, 2.75) is 42.8 Å². The molecule has 0 bridgehead atoms. The second kappa shape index (κ2) is 9.08. The maximum absolute atomic E-state index is 12.9. The number of aromatic nitrogens is 1. The van der Waals surface area contributed by atoms with Crippen LogP contribution in [0.25, 0.3) is 0 Å². The van der Waals surface area contributed by atoms with E-state index in [2.05, 4.69) is 41.5 Å². The molecule has 4 nitrogen and oxygen atoms in total. The van der Waals surface area contributed by atoms with E-state index in [0.717, 1.165) is 23.7 Å². The zero-order valence-electron chi connectivity index (χ0n) is 16.9. The number of thiazole rings is 1. The maximum atomic E-state index is 12.9. The molecule has 1 fully saturated rings. The number of piperidine rings is 1. The molecular weight excluding hydrogens is 436 g/mol. The first-order valence-corrected chi connectivity index (χ1v) is 13.0. The van der Waals surface area contributed by atoms with Crippen LogP contribution in [0.15, 0.2) is 58.8 Å². The quantitative estimate of drug-likeness (QED) is 0.494. The monoisotopic (exact) mass is 460 g/mol. The summed E-state index contributed by atoms with van der Waals surface area (Å²) in [4.78, 5) is 7.33. The van der Waals surface area contributed by atoms with Crippen molar-refractivity contribution in [1.82, 2.24) is 4.98 Å². The molecule has 2 aromatic carbocycles. The van der Waals surface area contributed by atoms with Gasteiger partial charge in [-0.25, -0.2) is 13.4 Å². The van der Waals surface area contributed by atoms with Crippen LogP contribution in [0.4, 0.5) is 5.13 Å². The standard InChI is InChI=1S/C23H25ClN2O2S2/c1-2-17-6-8-18(9-7-17)14-20-16-29-23(25-20)26-12-10-21(11-13-26)30(27,28)22-5-3-4-19(24)15-22/h3-9,15-16,21H,2,10-14H2,1H3. The molecule has 0 amide bonds. The van der Waals surface area contributed by atoms with E-state index < -0.39 is 9.84 Å². The summed E-state index contributed by atoms with van der Waals surface area (Å²) in [6, 6.07) is 15.3. The van der Waals surface area contributed by atoms with Crippen molar-refractivity contribution < 1.29 is 8.42 Å². The van der Waals surface area contributed by atoms with E-state index in [4.69, 9.17) is 16.6 Å². The maximum Gasteiger partial charge on any atom is 0.185 e. The van der Waals surface area contributed by atoms with Crippen molar-refractivity contribution in [2.75, 3.05) is 18.0 Å². The number of anilines is 1. The first kappa shape index (κ1) is 21.3. The van der Waals surface area contributed by atoms with Gasteiger partial charge in [-0.3, -0.25) is 0 Å². The molecule has 0 aliphatic carbocycles. The minimum atomic E-state index is -3.36. The van der Waals surface area contributed by atoms with E-state index in [1.165, 1.54) is 11.1 Å². The highest BCUT2D eigenvalue weighted by atomic mass is 35.5. The number of nitrogens with zero attached hydrogens (tertiary/aromatic N) is 2. The van der Waals surface area contributed by atoms with Gasteiger partial charge in [0.2, 0.25) is 0 Å². The van der Waals surface area contributed by atoms with Gasteiger partial charge in [0.05, 0.1) is 15.8 Å². The van der Waals surface area contributed by atoms with Gasteiger partial charge in [0.25, 0.3) is 0 Å². The molecule has 30 heavy (non-hydrogen) atoms. The minimum absolute atomic E-state index is 0.319. The summed E-state index contributed by atoms with van der Waals surface area (Å²) in [5, 5.41) is 3.17. The number of hydrogen-bond acceptors (Lipinski definition) is 5. The molecule has 1 aliphatic rings. The van der Waals surface area contributed by atoms with Gasteiger partial charge >= 0.3 is 0 Å². The number of rotatable bonds is 6. The van der Waals surface area contributed by atoms with E-state index in [-0.39, 0.29) is 5.25 Å². The molecule has 4 rings (SSSR count). The van der Waals surface area contributed by atoms with Crippen molar-refractivity contribution in [3.63, 3.8) is 0 Å². The number of sulfone groups is 1. The fraction of sp³-hybridized carbons (Fsp3) is 0.348. The minimum Gasteiger partial charge on any atom is -0.348 e. The number of aryl methyl sites for hydroxylation is 1. The lowest BCUT2D eigenvalue weighted by molar-refractivity contribution is 0.529. The van der Waals surface area contributed by atoms with E-state index in [9.17, 15) is 8.42 Å². The molecule has 0 N–H and O–H groups in total. The molecule has 1 saturated heterocycles. The van der Waals surface area contributed by atoms with Crippen molar-refractivity contribution in [1.29, 1.82) is 0 Å². The predicted octanol–water partition coefficient (Wildman–Crippen LogP) is 5.39. The Morgan fingerprint density at radius 1 is 1.10 bits per heavy atom. The Kier molecular flexibility index (Phi) is 6.46. The Labute approximate surface area is 187 Å². The number of benzene rings is 2. The van der Waals surface area contributed by atoms with E-state index in [1.807, 2.05) is 0 Å². The van der Waals surface area contributed by atoms with Crippen LogP contribution in [0.1, 0.15) is 36.6 Å². The van der Waals surface area contributed by atoms with Gasteiger partial charge in [-0.2, -0.15) is 0 Å². The van der Waals surface area contributed by atoms with E-state index >= 15 is 0 Å². The van der Waals surface area contributed by atoms with Gasteiger partial charge in [0.15, 0.2) is 15.0 Å². The second-order valence-electron chi connectivity index (χ2n) is 7.66. The van der Waals surface area contributed by atoms with Crippen molar-refractivity contribution in [2.24, 2.45) is 0 Å². The molecule has 1 aromatic heterocycles. The van der Waals surface area contributed by atoms with Gasteiger partial charge in [0, 0.05) is 29.9 Å². The Morgan fingerprint density at radius 2 is 1.80 bits per heavy atom. The Bertz CT molecular complexity index is 1100. The van der Waals surface area contributed by atoms with Gasteiger partial charge in [-0.05, 0) is 48.6 Å². The van der Waals surface area contributed by atoms with Crippen molar-refractivity contribution in [3.8, 4) is 0 Å². The molecular formula is C23H25ClN2O2S2. The summed E-state index contributed by atoms with van der Waals surface area (Å²) in [5.41, 5.74) is 3.66. The first-order chi connectivity index (χ1) is 14.5. The van der Waals surface area contributed by atoms with Crippen LogP contribution in [0.2, 0.25) is 5.02 Å². The molecule has 7 heteroatoms. The lowest BCUT2D eigenvalue weighted by Crippen LogP contribution is -2.39. The third-order valence-electron chi connectivity index (χ3n) is 5.63. The number of halogens is 1. The Balaban J connectivity index is 1.38. The predicted molar refractivity (Wildman–Crippen MR) is 125 cm³/mol. The molecule has 0 unspecified atom stereocenters. The summed E-state index contributed by atoms with van der Waals surface area (Å²) in [7, 11) is -3.36. The SMILES string of the molecule is CCc1ccc(Cc2csc(N3CCC(S(=O)(=O)c4cccc(Cl)c4)CC3)n2)cc1. The summed E-state index contributed by atoms with van der Waals surface area (Å²) in [5.74, 6) is 0. The van der Waals surface area contributed by atoms with Crippen LogP contribution in [-0.4, -0.2) is 31.7 Å². The third kappa shape index (κ3) is 4.71. The molecule has 0 atom stereocenters. The zero-order valence-corrected chi connectivity index (χ0v) is 19.3. The average Bonchev–Trinajstić information content (AvgIpc) is 3.23. The smallest absolute Gasteiger partial charge is 0.185 e. The molecule has 3 aromatic rings. The summed E-state index contributed by atoms with van der Waals surface area (Å²) in [6.07, 6.45) is 3.06. The first-order valence-electron chi connectivity index (χ1n) is 10.2. The van der Waals surface area contributed by atoms with Crippen LogP contribution in [-0.2, 0) is 22.7 Å². The molecule has 158 valence electrons. The normalized spacial score (nSPS) is 15.5.